The van der Waals surface area contributed by atoms with E-state index in [0.29, 0.717) is 49.5 Å². The van der Waals surface area contributed by atoms with E-state index < -0.39 is 40.9 Å². The average molecular weight is 552 g/mol. The third kappa shape index (κ3) is 6.04. The van der Waals surface area contributed by atoms with Crippen molar-refractivity contribution >= 4 is 28.6 Å². The van der Waals surface area contributed by atoms with E-state index in [9.17, 15) is 36.3 Å². The minimum Gasteiger partial charge on any atom is -0.493 e. The lowest BCUT2D eigenvalue weighted by Gasteiger charge is -2.17. The lowest BCUT2D eigenvalue weighted by atomic mass is 10.0. The Morgan fingerprint density at radius 2 is 1.74 bits per heavy atom. The number of amides is 3. The molecule has 0 spiro atoms. The second kappa shape index (κ2) is 11.4. The predicted molar refractivity (Wildman–Crippen MR) is 132 cm³/mol. The fourth-order valence-corrected chi connectivity index (χ4v) is 4.47. The van der Waals surface area contributed by atoms with Crippen molar-refractivity contribution in [2.24, 2.45) is 0 Å². The fraction of sp³-hybridized carbons (Fsp3) is 0.370. The van der Waals surface area contributed by atoms with Gasteiger partial charge in [-0.3, -0.25) is 14.6 Å². The largest absolute Gasteiger partial charge is 0.493 e. The molecule has 0 radical (unpaired) electrons. The van der Waals surface area contributed by atoms with E-state index in [-0.39, 0.29) is 36.4 Å². The second-order valence-electron chi connectivity index (χ2n) is 9.07. The van der Waals surface area contributed by atoms with Gasteiger partial charge in [0.1, 0.15) is 17.9 Å². The summed E-state index contributed by atoms with van der Waals surface area (Å²) in [5.74, 6) is -2.32. The molecule has 1 saturated heterocycles. The number of hydrogen-bond donors (Lipinski definition) is 0. The van der Waals surface area contributed by atoms with Gasteiger partial charge in [0.15, 0.2) is 11.6 Å². The van der Waals surface area contributed by atoms with Crippen LogP contribution in [0.4, 0.5) is 32.4 Å². The summed E-state index contributed by atoms with van der Waals surface area (Å²) in [6.07, 6.45) is -2.27. The van der Waals surface area contributed by atoms with Crippen LogP contribution in [-0.4, -0.2) is 36.5 Å². The second-order valence-corrected chi connectivity index (χ2v) is 9.07. The summed E-state index contributed by atoms with van der Waals surface area (Å²) in [7, 11) is 0. The third-order valence-electron chi connectivity index (χ3n) is 6.33. The van der Waals surface area contributed by atoms with E-state index in [4.69, 9.17) is 9.15 Å². The topological polar surface area (TPSA) is 80.1 Å². The maximum Gasteiger partial charge on any atom is 0.417 e. The Labute approximate surface area is 219 Å². The van der Waals surface area contributed by atoms with E-state index in [1.807, 2.05) is 6.92 Å². The SMILES string of the molecule is CCCc1c(OCCCCCN2C(=O)CN(c3ccc(F)c(F)c3)C2=O)ccc2c(C(F)(F)F)cc(=O)oc12. The van der Waals surface area contributed by atoms with E-state index in [0.717, 1.165) is 21.9 Å². The molecule has 2 heterocycles. The molecule has 1 aliphatic rings. The number of halogens is 5. The van der Waals surface area contributed by atoms with Crippen LogP contribution in [0.25, 0.3) is 11.0 Å². The highest BCUT2D eigenvalue weighted by atomic mass is 19.4. The summed E-state index contributed by atoms with van der Waals surface area (Å²) >= 11 is 0. The Bertz CT molecular complexity index is 1450. The molecule has 39 heavy (non-hydrogen) atoms. The van der Waals surface area contributed by atoms with Gasteiger partial charge in [-0.15, -0.1) is 0 Å². The monoisotopic (exact) mass is 552 g/mol. The Morgan fingerprint density at radius 3 is 2.44 bits per heavy atom. The van der Waals surface area contributed by atoms with Gasteiger partial charge in [-0.1, -0.05) is 13.3 Å². The summed E-state index contributed by atoms with van der Waals surface area (Å²) in [5, 5.41) is -0.213. The minimum absolute atomic E-state index is 0.0830. The number of urea groups is 1. The molecule has 3 amide bonds. The number of carbonyl (C=O) groups is 2. The van der Waals surface area contributed by atoms with Gasteiger partial charge in [0.05, 0.1) is 12.2 Å². The summed E-state index contributed by atoms with van der Waals surface area (Å²) in [5.41, 5.74) is -1.85. The Balaban J connectivity index is 1.34. The number of benzene rings is 2. The highest BCUT2D eigenvalue weighted by Gasteiger charge is 2.37. The summed E-state index contributed by atoms with van der Waals surface area (Å²) in [6.45, 7) is 1.89. The van der Waals surface area contributed by atoms with E-state index in [1.54, 1.807) is 0 Å². The third-order valence-corrected chi connectivity index (χ3v) is 6.33. The Hall–Kier alpha value is -3.96. The van der Waals surface area contributed by atoms with Crippen molar-refractivity contribution in [2.75, 3.05) is 24.6 Å². The first-order valence-corrected chi connectivity index (χ1v) is 12.4. The van der Waals surface area contributed by atoms with Gasteiger partial charge in [0.2, 0.25) is 0 Å². The lowest BCUT2D eigenvalue weighted by molar-refractivity contribution is -0.136. The number of aryl methyl sites for hydroxylation is 1. The molecule has 1 aliphatic heterocycles. The molecule has 7 nitrogen and oxygen atoms in total. The number of carbonyl (C=O) groups excluding carboxylic acids is 2. The molecule has 4 rings (SSSR count). The van der Waals surface area contributed by atoms with Crippen LogP contribution < -0.4 is 15.3 Å². The van der Waals surface area contributed by atoms with Gasteiger partial charge < -0.3 is 9.15 Å². The van der Waals surface area contributed by atoms with Crippen LogP contribution >= 0.6 is 0 Å². The first kappa shape index (κ1) is 28.1. The zero-order valence-corrected chi connectivity index (χ0v) is 20.9. The van der Waals surface area contributed by atoms with E-state index in [2.05, 4.69) is 0 Å². The molecule has 0 atom stereocenters. The standard InChI is InChI=1S/C27H25F5N2O5/c1-2-6-18-22(10-8-17-19(27(30,31)32)14-24(36)39-25(17)18)38-12-5-3-4-11-33-23(35)15-34(26(33)37)16-7-9-20(28)21(29)13-16/h7-10,13-14H,2-6,11-12,15H2,1H3. The van der Waals surface area contributed by atoms with Gasteiger partial charge in [0.25, 0.3) is 5.91 Å². The fourth-order valence-electron chi connectivity index (χ4n) is 4.47. The van der Waals surface area contributed by atoms with Crippen LogP contribution in [0, 0.1) is 11.6 Å². The molecule has 0 bridgehead atoms. The molecule has 1 aromatic heterocycles. The van der Waals surface area contributed by atoms with Gasteiger partial charge in [-0.2, -0.15) is 13.2 Å². The maximum atomic E-state index is 13.5. The normalized spacial score (nSPS) is 14.1. The van der Waals surface area contributed by atoms with Gasteiger partial charge >= 0.3 is 17.8 Å². The molecule has 0 unspecified atom stereocenters. The predicted octanol–water partition coefficient (Wildman–Crippen LogP) is 6.06. The van der Waals surface area contributed by atoms with Crippen molar-refractivity contribution in [1.82, 2.24) is 4.90 Å². The smallest absolute Gasteiger partial charge is 0.417 e. The first-order valence-electron chi connectivity index (χ1n) is 12.4. The van der Waals surface area contributed by atoms with E-state index in [1.165, 1.54) is 18.2 Å². The van der Waals surface area contributed by atoms with Crippen LogP contribution in [0.2, 0.25) is 0 Å². The summed E-state index contributed by atoms with van der Waals surface area (Å²) in [6, 6.07) is 5.42. The van der Waals surface area contributed by atoms with Crippen LogP contribution in [0.5, 0.6) is 5.75 Å². The maximum absolute atomic E-state index is 13.5. The van der Waals surface area contributed by atoms with Crippen molar-refractivity contribution in [3.05, 3.63) is 69.6 Å². The lowest BCUT2D eigenvalue weighted by Crippen LogP contribution is -2.33. The number of nitrogens with zero attached hydrogens (tertiary/aromatic N) is 2. The van der Waals surface area contributed by atoms with Gasteiger partial charge in [0, 0.05) is 35.3 Å². The van der Waals surface area contributed by atoms with Crippen LogP contribution in [-0.2, 0) is 17.4 Å². The van der Waals surface area contributed by atoms with Crippen molar-refractivity contribution in [2.45, 2.75) is 45.2 Å². The number of alkyl halides is 3. The molecule has 208 valence electrons. The Kier molecular flexibility index (Phi) is 8.22. The Morgan fingerprint density at radius 1 is 0.974 bits per heavy atom. The van der Waals surface area contributed by atoms with Crippen molar-refractivity contribution in [1.29, 1.82) is 0 Å². The van der Waals surface area contributed by atoms with E-state index >= 15 is 0 Å². The number of anilines is 1. The zero-order valence-electron chi connectivity index (χ0n) is 20.9. The molecule has 2 aromatic carbocycles. The van der Waals surface area contributed by atoms with Crippen molar-refractivity contribution < 1.29 is 40.7 Å². The first-order chi connectivity index (χ1) is 18.5. The summed E-state index contributed by atoms with van der Waals surface area (Å²) in [4.78, 5) is 38.9. The molecule has 12 heteroatoms. The quantitative estimate of drug-likeness (QED) is 0.132. The van der Waals surface area contributed by atoms with Crippen molar-refractivity contribution in [3.8, 4) is 5.75 Å². The number of ether oxygens (including phenoxy) is 1. The molecule has 0 N–H and O–H groups in total. The molecular weight excluding hydrogens is 527 g/mol. The molecular formula is C27H25F5N2O5. The number of unbranched alkanes of at least 4 members (excludes halogenated alkanes) is 2. The number of rotatable bonds is 10. The zero-order chi connectivity index (χ0) is 28.3. The number of fused-ring (bicyclic) bond motifs is 1. The summed E-state index contributed by atoms with van der Waals surface area (Å²) < 4.78 is 78.0. The molecule has 3 aromatic rings. The minimum atomic E-state index is -4.72. The highest BCUT2D eigenvalue weighted by Crippen LogP contribution is 2.37. The van der Waals surface area contributed by atoms with Crippen LogP contribution in [0.15, 0.2) is 45.6 Å². The average Bonchev–Trinajstić information content (AvgIpc) is 3.16. The van der Waals surface area contributed by atoms with Gasteiger partial charge in [-0.05, 0) is 49.9 Å². The van der Waals surface area contributed by atoms with Crippen molar-refractivity contribution in [3.63, 3.8) is 0 Å². The highest BCUT2D eigenvalue weighted by molar-refractivity contribution is 6.12. The molecule has 1 fully saturated rings. The van der Waals surface area contributed by atoms with Crippen LogP contribution in [0.1, 0.15) is 43.7 Å². The van der Waals surface area contributed by atoms with Gasteiger partial charge in [-0.25, -0.2) is 18.4 Å². The number of imide groups is 1. The molecule has 0 saturated carbocycles. The number of hydrogen-bond acceptors (Lipinski definition) is 5. The molecule has 0 aliphatic carbocycles. The van der Waals surface area contributed by atoms with Crippen LogP contribution in [0.3, 0.4) is 0 Å².